The fourth-order valence-electron chi connectivity index (χ4n) is 0.841. The summed E-state index contributed by atoms with van der Waals surface area (Å²) < 4.78 is 25.8. The van der Waals surface area contributed by atoms with Crippen LogP contribution in [0, 0.1) is 11.6 Å². The Labute approximate surface area is 84.0 Å². The van der Waals surface area contributed by atoms with Crippen molar-refractivity contribution in [3.05, 3.63) is 40.4 Å². The van der Waals surface area contributed by atoms with Gasteiger partial charge in [-0.05, 0) is 18.2 Å². The van der Waals surface area contributed by atoms with E-state index in [2.05, 4.69) is 0 Å². The van der Waals surface area contributed by atoms with Crippen LogP contribution in [0.25, 0.3) is 6.08 Å². The Morgan fingerprint density at radius 1 is 1.43 bits per heavy atom. The second kappa shape index (κ2) is 4.19. The molecular formula is C9H6ClF2NO. The third-order valence-electron chi connectivity index (χ3n) is 1.49. The normalized spacial score (nSPS) is 10.8. The van der Waals surface area contributed by atoms with Crippen LogP contribution in [0.15, 0.2) is 18.2 Å². The van der Waals surface area contributed by atoms with E-state index in [1.165, 1.54) is 0 Å². The van der Waals surface area contributed by atoms with Gasteiger partial charge in [0.25, 0.3) is 0 Å². The lowest BCUT2D eigenvalue weighted by atomic mass is 10.2. The lowest BCUT2D eigenvalue weighted by molar-refractivity contribution is -0.113. The number of carbonyl (C=O) groups excluding carboxylic acids is 1. The molecule has 1 amide bonds. The molecule has 74 valence electrons. The standard InChI is InChI=1S/C9H6ClF2NO/c10-8-6(11)3-1-5(9(8)12)2-4-7(13)14/h1-4H,(H2,13,14). The van der Waals surface area contributed by atoms with Gasteiger partial charge in [0.05, 0.1) is 0 Å². The van der Waals surface area contributed by atoms with Crippen molar-refractivity contribution >= 4 is 23.6 Å². The first-order valence-corrected chi connectivity index (χ1v) is 4.01. The SMILES string of the molecule is NC(=O)C=Cc1ccc(F)c(Cl)c1F. The predicted molar refractivity (Wildman–Crippen MR) is 49.6 cm³/mol. The topological polar surface area (TPSA) is 43.1 Å². The van der Waals surface area contributed by atoms with Crippen molar-refractivity contribution < 1.29 is 13.6 Å². The molecule has 0 aliphatic carbocycles. The monoisotopic (exact) mass is 217 g/mol. The molecular weight excluding hydrogens is 212 g/mol. The van der Waals surface area contributed by atoms with Gasteiger partial charge in [-0.25, -0.2) is 8.78 Å². The van der Waals surface area contributed by atoms with E-state index in [1.807, 2.05) is 0 Å². The second-order valence-corrected chi connectivity index (χ2v) is 2.88. The van der Waals surface area contributed by atoms with Crippen LogP contribution in [-0.2, 0) is 4.79 Å². The molecule has 1 aromatic carbocycles. The fourth-order valence-corrected chi connectivity index (χ4v) is 1.01. The Bertz CT molecular complexity index is 404. The van der Waals surface area contributed by atoms with E-state index in [-0.39, 0.29) is 5.56 Å². The molecule has 0 unspecified atom stereocenters. The highest BCUT2D eigenvalue weighted by molar-refractivity contribution is 6.31. The molecule has 0 saturated heterocycles. The third kappa shape index (κ3) is 2.29. The molecule has 5 heteroatoms. The molecule has 0 radical (unpaired) electrons. The highest BCUT2D eigenvalue weighted by Crippen LogP contribution is 2.22. The lowest BCUT2D eigenvalue weighted by Crippen LogP contribution is -2.05. The van der Waals surface area contributed by atoms with Gasteiger partial charge in [-0.1, -0.05) is 11.6 Å². The first-order chi connectivity index (χ1) is 6.52. The van der Waals surface area contributed by atoms with Crippen LogP contribution < -0.4 is 5.73 Å². The van der Waals surface area contributed by atoms with E-state index in [4.69, 9.17) is 17.3 Å². The van der Waals surface area contributed by atoms with Gasteiger partial charge in [-0.2, -0.15) is 0 Å². The summed E-state index contributed by atoms with van der Waals surface area (Å²) in [5.41, 5.74) is 4.81. The van der Waals surface area contributed by atoms with Crippen molar-refractivity contribution in [2.75, 3.05) is 0 Å². The molecule has 0 aliphatic heterocycles. The quantitative estimate of drug-likeness (QED) is 0.599. The Morgan fingerprint density at radius 2 is 2.07 bits per heavy atom. The molecule has 2 N–H and O–H groups in total. The highest BCUT2D eigenvalue weighted by Gasteiger charge is 2.09. The molecule has 0 fully saturated rings. The summed E-state index contributed by atoms with van der Waals surface area (Å²) in [5.74, 6) is -2.48. The summed E-state index contributed by atoms with van der Waals surface area (Å²) in [5, 5.41) is -0.600. The van der Waals surface area contributed by atoms with Gasteiger partial charge in [0.2, 0.25) is 5.91 Å². The summed E-state index contributed by atoms with van der Waals surface area (Å²) in [6.45, 7) is 0. The number of nitrogens with two attached hydrogens (primary N) is 1. The molecule has 0 spiro atoms. The molecule has 0 heterocycles. The smallest absolute Gasteiger partial charge is 0.241 e. The minimum atomic E-state index is -0.913. The maximum atomic E-state index is 13.1. The Balaban J connectivity index is 3.12. The number of halogens is 3. The van der Waals surface area contributed by atoms with Crippen molar-refractivity contribution in [3.8, 4) is 0 Å². The number of carbonyl (C=O) groups is 1. The summed E-state index contributed by atoms with van der Waals surface area (Å²) in [6, 6.07) is 2.17. The summed E-state index contributed by atoms with van der Waals surface area (Å²) in [4.78, 5) is 10.3. The van der Waals surface area contributed by atoms with Crippen LogP contribution in [0.1, 0.15) is 5.56 Å². The Hall–Kier alpha value is -1.42. The van der Waals surface area contributed by atoms with Crippen LogP contribution in [0.5, 0.6) is 0 Å². The van der Waals surface area contributed by atoms with Gasteiger partial charge in [-0.3, -0.25) is 4.79 Å². The zero-order valence-electron chi connectivity index (χ0n) is 6.93. The van der Waals surface area contributed by atoms with Crippen molar-refractivity contribution in [2.24, 2.45) is 5.73 Å². The van der Waals surface area contributed by atoms with E-state index in [0.29, 0.717) is 0 Å². The Kier molecular flexibility index (Phi) is 3.19. The van der Waals surface area contributed by atoms with Crippen LogP contribution in [-0.4, -0.2) is 5.91 Å². The molecule has 0 atom stereocenters. The van der Waals surface area contributed by atoms with Crippen molar-refractivity contribution in [3.63, 3.8) is 0 Å². The molecule has 1 aromatic rings. The lowest BCUT2D eigenvalue weighted by Gasteiger charge is -1.99. The minimum absolute atomic E-state index is 0.00944. The van der Waals surface area contributed by atoms with E-state index >= 15 is 0 Å². The second-order valence-electron chi connectivity index (χ2n) is 2.50. The molecule has 2 nitrogen and oxygen atoms in total. The molecule has 0 aliphatic rings. The largest absolute Gasteiger partial charge is 0.366 e. The molecule has 14 heavy (non-hydrogen) atoms. The van der Waals surface area contributed by atoms with Gasteiger partial charge in [-0.15, -0.1) is 0 Å². The number of hydrogen-bond acceptors (Lipinski definition) is 1. The predicted octanol–water partition coefficient (Wildman–Crippen LogP) is 2.12. The van der Waals surface area contributed by atoms with Gasteiger partial charge in [0.1, 0.15) is 10.8 Å². The minimum Gasteiger partial charge on any atom is -0.366 e. The molecule has 0 bridgehead atoms. The van der Waals surface area contributed by atoms with Crippen LogP contribution in [0.3, 0.4) is 0 Å². The maximum Gasteiger partial charge on any atom is 0.241 e. The van der Waals surface area contributed by atoms with Gasteiger partial charge < -0.3 is 5.73 Å². The third-order valence-corrected chi connectivity index (χ3v) is 1.84. The van der Waals surface area contributed by atoms with Crippen molar-refractivity contribution in [2.45, 2.75) is 0 Å². The van der Waals surface area contributed by atoms with E-state index < -0.39 is 22.6 Å². The van der Waals surface area contributed by atoms with E-state index in [1.54, 1.807) is 0 Å². The van der Waals surface area contributed by atoms with Crippen LogP contribution in [0.2, 0.25) is 5.02 Å². The fraction of sp³-hybridized carbons (Fsp3) is 0. The molecule has 1 rings (SSSR count). The number of amides is 1. The average molecular weight is 218 g/mol. The zero-order chi connectivity index (χ0) is 10.7. The summed E-state index contributed by atoms with van der Waals surface area (Å²) in [7, 11) is 0. The van der Waals surface area contributed by atoms with Crippen LogP contribution >= 0.6 is 11.6 Å². The Morgan fingerprint density at radius 3 is 2.64 bits per heavy atom. The highest BCUT2D eigenvalue weighted by atomic mass is 35.5. The number of rotatable bonds is 2. The first kappa shape index (κ1) is 10.7. The zero-order valence-corrected chi connectivity index (χ0v) is 7.68. The summed E-state index contributed by atoms with van der Waals surface area (Å²) in [6.07, 6.45) is 2.09. The van der Waals surface area contributed by atoms with Crippen LogP contribution in [0.4, 0.5) is 8.78 Å². The average Bonchev–Trinajstić information content (AvgIpc) is 2.13. The first-order valence-electron chi connectivity index (χ1n) is 3.63. The van der Waals surface area contributed by atoms with E-state index in [0.717, 1.165) is 24.3 Å². The number of hydrogen-bond donors (Lipinski definition) is 1. The van der Waals surface area contributed by atoms with Gasteiger partial charge >= 0.3 is 0 Å². The van der Waals surface area contributed by atoms with E-state index in [9.17, 15) is 13.6 Å². The molecule has 0 aromatic heterocycles. The van der Waals surface area contributed by atoms with Crippen molar-refractivity contribution in [1.29, 1.82) is 0 Å². The molecule has 0 saturated carbocycles. The van der Waals surface area contributed by atoms with Gasteiger partial charge in [0, 0.05) is 11.6 Å². The number of benzene rings is 1. The van der Waals surface area contributed by atoms with Gasteiger partial charge in [0.15, 0.2) is 5.82 Å². The number of primary amides is 1. The van der Waals surface area contributed by atoms with Crippen molar-refractivity contribution in [1.82, 2.24) is 0 Å². The maximum absolute atomic E-state index is 13.1. The summed E-state index contributed by atoms with van der Waals surface area (Å²) >= 11 is 5.30.